The molecule has 0 bridgehead atoms. The molecule has 2 rings (SSSR count). The van der Waals surface area contributed by atoms with Gasteiger partial charge in [0.1, 0.15) is 0 Å². The van der Waals surface area contributed by atoms with Crippen LogP contribution in [0.15, 0.2) is 18.3 Å². The van der Waals surface area contributed by atoms with E-state index in [4.69, 9.17) is 10.0 Å². The summed E-state index contributed by atoms with van der Waals surface area (Å²) in [6.07, 6.45) is 1.72. The van der Waals surface area contributed by atoms with Crippen LogP contribution in [0.3, 0.4) is 0 Å². The second-order valence-corrected chi connectivity index (χ2v) is 4.68. The smallest absolute Gasteiger partial charge is 0.422 e. The van der Waals surface area contributed by atoms with E-state index in [0.29, 0.717) is 5.59 Å². The van der Waals surface area contributed by atoms with Gasteiger partial charge in [0.2, 0.25) is 0 Å². The molecule has 1 aromatic heterocycles. The topological polar surface area (TPSA) is 59.8 Å². The molecule has 2 N–H and O–H groups in total. The Morgan fingerprint density at radius 3 is 2.33 bits per heavy atom. The molecule has 0 aromatic carbocycles. The summed E-state index contributed by atoms with van der Waals surface area (Å²) in [4.78, 5) is 8.88. The van der Waals surface area contributed by atoms with Crippen LogP contribution in [0.1, 0.15) is 12.5 Å². The molecule has 0 saturated carbocycles. The standard InChI is InChI=1S/C12H20BN3O2/c1-2-15-5-7-16(8-6-15)10-11-3-4-12(13(17)18)14-9-11/h3-4,9,17-18H,2,5-8,10H2,1H3. The molecule has 2 heterocycles. The lowest BCUT2D eigenvalue weighted by Gasteiger charge is -2.33. The largest absolute Gasteiger partial charge is 0.508 e. The summed E-state index contributed by atoms with van der Waals surface area (Å²) < 4.78 is 0. The van der Waals surface area contributed by atoms with E-state index in [0.717, 1.165) is 44.8 Å². The number of nitrogens with zero attached hydrogens (tertiary/aromatic N) is 3. The molecule has 0 spiro atoms. The average molecular weight is 249 g/mol. The number of piperazine rings is 1. The van der Waals surface area contributed by atoms with E-state index in [2.05, 4.69) is 21.7 Å². The van der Waals surface area contributed by atoms with Gasteiger partial charge in [-0.2, -0.15) is 0 Å². The Hall–Kier alpha value is -0.945. The first kappa shape index (κ1) is 13.5. The highest BCUT2D eigenvalue weighted by Gasteiger charge is 2.16. The van der Waals surface area contributed by atoms with Crippen molar-refractivity contribution in [1.29, 1.82) is 0 Å². The molecule has 6 heteroatoms. The number of pyridine rings is 1. The van der Waals surface area contributed by atoms with Crippen LogP contribution in [-0.4, -0.2) is 64.7 Å². The van der Waals surface area contributed by atoms with Crippen molar-refractivity contribution < 1.29 is 10.0 Å². The molecule has 5 nitrogen and oxygen atoms in total. The third kappa shape index (κ3) is 3.52. The summed E-state index contributed by atoms with van der Waals surface area (Å²) in [5, 5.41) is 17.9. The van der Waals surface area contributed by atoms with E-state index in [1.165, 1.54) is 0 Å². The van der Waals surface area contributed by atoms with Crippen molar-refractivity contribution >= 4 is 12.7 Å². The molecule has 1 saturated heterocycles. The second kappa shape index (κ2) is 6.29. The van der Waals surface area contributed by atoms with Gasteiger partial charge in [-0.05, 0) is 18.2 Å². The van der Waals surface area contributed by atoms with Crippen LogP contribution in [-0.2, 0) is 6.54 Å². The van der Waals surface area contributed by atoms with E-state index in [-0.39, 0.29) is 0 Å². The zero-order valence-corrected chi connectivity index (χ0v) is 10.8. The highest BCUT2D eigenvalue weighted by Crippen LogP contribution is 2.06. The monoisotopic (exact) mass is 249 g/mol. The Morgan fingerprint density at radius 2 is 1.83 bits per heavy atom. The van der Waals surface area contributed by atoms with Crippen LogP contribution in [0.5, 0.6) is 0 Å². The summed E-state index contributed by atoms with van der Waals surface area (Å²) in [6.45, 7) is 8.61. The lowest BCUT2D eigenvalue weighted by atomic mass is 9.85. The van der Waals surface area contributed by atoms with Crippen molar-refractivity contribution in [2.24, 2.45) is 0 Å². The molecule has 1 fully saturated rings. The van der Waals surface area contributed by atoms with Crippen LogP contribution in [0.4, 0.5) is 0 Å². The molecule has 98 valence electrons. The van der Waals surface area contributed by atoms with Crippen molar-refractivity contribution in [1.82, 2.24) is 14.8 Å². The Labute approximate surface area is 108 Å². The maximum absolute atomic E-state index is 8.97. The van der Waals surface area contributed by atoms with Gasteiger partial charge in [-0.1, -0.05) is 13.0 Å². The molecular weight excluding hydrogens is 229 g/mol. The number of hydrogen-bond acceptors (Lipinski definition) is 5. The van der Waals surface area contributed by atoms with Gasteiger partial charge >= 0.3 is 7.12 Å². The Morgan fingerprint density at radius 1 is 1.17 bits per heavy atom. The fourth-order valence-electron chi connectivity index (χ4n) is 2.20. The fourth-order valence-corrected chi connectivity index (χ4v) is 2.20. The minimum Gasteiger partial charge on any atom is -0.422 e. The number of likely N-dealkylation sites (N-methyl/N-ethyl adjacent to an activating group) is 1. The summed E-state index contributed by atoms with van der Waals surface area (Å²) in [5.74, 6) is 0. The van der Waals surface area contributed by atoms with Crippen LogP contribution >= 0.6 is 0 Å². The van der Waals surface area contributed by atoms with E-state index in [1.807, 2.05) is 6.07 Å². The maximum Gasteiger partial charge on any atom is 0.508 e. The summed E-state index contributed by atoms with van der Waals surface area (Å²) in [7, 11) is -1.48. The zero-order valence-electron chi connectivity index (χ0n) is 10.8. The molecular formula is C12H20BN3O2. The number of rotatable bonds is 4. The molecule has 1 aromatic rings. The van der Waals surface area contributed by atoms with Gasteiger partial charge in [0, 0.05) is 38.9 Å². The summed E-state index contributed by atoms with van der Waals surface area (Å²) in [6, 6.07) is 3.58. The highest BCUT2D eigenvalue weighted by molar-refractivity contribution is 6.57. The molecule has 1 aliphatic heterocycles. The molecule has 0 unspecified atom stereocenters. The van der Waals surface area contributed by atoms with Crippen molar-refractivity contribution in [2.75, 3.05) is 32.7 Å². The normalized spacial score (nSPS) is 17.9. The minimum atomic E-state index is -1.48. The number of hydrogen-bond donors (Lipinski definition) is 2. The van der Waals surface area contributed by atoms with E-state index >= 15 is 0 Å². The van der Waals surface area contributed by atoms with Gasteiger partial charge in [0.05, 0.1) is 5.59 Å². The predicted molar refractivity (Wildman–Crippen MR) is 71.5 cm³/mol. The van der Waals surface area contributed by atoms with Crippen molar-refractivity contribution in [3.05, 3.63) is 23.9 Å². The lowest BCUT2D eigenvalue weighted by Crippen LogP contribution is -2.45. The first-order chi connectivity index (χ1) is 8.69. The maximum atomic E-state index is 8.97. The van der Waals surface area contributed by atoms with E-state index < -0.39 is 7.12 Å². The number of aromatic nitrogens is 1. The van der Waals surface area contributed by atoms with Crippen molar-refractivity contribution in [3.63, 3.8) is 0 Å². The van der Waals surface area contributed by atoms with Gasteiger partial charge in [0.15, 0.2) is 0 Å². The Balaban J connectivity index is 1.86. The molecule has 0 amide bonds. The summed E-state index contributed by atoms with van der Waals surface area (Å²) >= 11 is 0. The second-order valence-electron chi connectivity index (χ2n) is 4.68. The average Bonchev–Trinajstić information content (AvgIpc) is 2.40. The highest BCUT2D eigenvalue weighted by atomic mass is 16.4. The van der Waals surface area contributed by atoms with Crippen LogP contribution < -0.4 is 5.59 Å². The van der Waals surface area contributed by atoms with Crippen LogP contribution in [0.2, 0.25) is 0 Å². The van der Waals surface area contributed by atoms with Crippen molar-refractivity contribution in [2.45, 2.75) is 13.5 Å². The molecule has 0 atom stereocenters. The fraction of sp³-hybridized carbons (Fsp3) is 0.583. The molecule has 1 aliphatic rings. The molecule has 18 heavy (non-hydrogen) atoms. The van der Waals surface area contributed by atoms with Gasteiger partial charge in [-0.3, -0.25) is 9.88 Å². The third-order valence-corrected chi connectivity index (χ3v) is 3.43. The van der Waals surface area contributed by atoms with E-state index in [9.17, 15) is 0 Å². The quantitative estimate of drug-likeness (QED) is 0.663. The van der Waals surface area contributed by atoms with Crippen LogP contribution in [0.25, 0.3) is 0 Å². The first-order valence-corrected chi connectivity index (χ1v) is 6.44. The lowest BCUT2D eigenvalue weighted by molar-refractivity contribution is 0.132. The summed E-state index contributed by atoms with van der Waals surface area (Å²) in [5.41, 5.74) is 1.42. The van der Waals surface area contributed by atoms with Gasteiger partial charge in [-0.25, -0.2) is 0 Å². The van der Waals surface area contributed by atoms with Gasteiger partial charge in [0.25, 0.3) is 0 Å². The minimum absolute atomic E-state index is 0.301. The third-order valence-electron chi connectivity index (χ3n) is 3.43. The Kier molecular flexibility index (Phi) is 4.71. The first-order valence-electron chi connectivity index (χ1n) is 6.44. The van der Waals surface area contributed by atoms with Crippen molar-refractivity contribution in [3.8, 4) is 0 Å². The Bertz CT molecular complexity index is 364. The van der Waals surface area contributed by atoms with Crippen LogP contribution in [0, 0.1) is 0 Å². The van der Waals surface area contributed by atoms with Gasteiger partial charge < -0.3 is 14.9 Å². The predicted octanol–water partition coefficient (Wildman–Crippen LogP) is -1.10. The zero-order chi connectivity index (χ0) is 13.0. The van der Waals surface area contributed by atoms with E-state index in [1.54, 1.807) is 12.3 Å². The SMILES string of the molecule is CCN1CCN(Cc2ccc(B(O)O)nc2)CC1. The molecule has 0 aliphatic carbocycles. The molecule has 0 radical (unpaired) electrons. The van der Waals surface area contributed by atoms with Gasteiger partial charge in [-0.15, -0.1) is 0 Å².